The molecular weight excluding hydrogens is 224 g/mol. The van der Waals surface area contributed by atoms with Gasteiger partial charge in [0.1, 0.15) is 0 Å². The average molecular weight is 242 g/mol. The summed E-state index contributed by atoms with van der Waals surface area (Å²) in [6, 6.07) is 8.47. The number of hydrogen-bond acceptors (Lipinski definition) is 3. The first-order valence-corrected chi connectivity index (χ1v) is 6.59. The molecule has 0 spiro atoms. The molecule has 1 aromatic carbocycles. The van der Waals surface area contributed by atoms with Crippen LogP contribution in [-0.4, -0.2) is 28.1 Å². The zero-order chi connectivity index (χ0) is 12.2. The van der Waals surface area contributed by atoms with E-state index >= 15 is 0 Å². The Morgan fingerprint density at radius 2 is 2.28 bits per heavy atom. The van der Waals surface area contributed by atoms with E-state index in [1.807, 2.05) is 10.9 Å². The standard InChI is InChI=1S/C14H18N4/c1-2-6-14(18-9-8-16-17-18)13(5-1)10-12-4-3-7-15-11-12/h1-2,5-6,8-9,12,15H,3-4,7,10-11H2. The van der Waals surface area contributed by atoms with Crippen molar-refractivity contribution in [3.8, 4) is 5.69 Å². The quantitative estimate of drug-likeness (QED) is 0.892. The SMILES string of the molecule is c1ccc(-n2ccnn2)c(CC2CCCNC2)c1. The summed E-state index contributed by atoms with van der Waals surface area (Å²) < 4.78 is 1.85. The van der Waals surface area contributed by atoms with Crippen LogP contribution in [0, 0.1) is 5.92 Å². The average Bonchev–Trinajstić information content (AvgIpc) is 2.94. The van der Waals surface area contributed by atoms with Crippen LogP contribution in [0.25, 0.3) is 5.69 Å². The van der Waals surface area contributed by atoms with E-state index in [-0.39, 0.29) is 0 Å². The van der Waals surface area contributed by atoms with Crippen LogP contribution in [0.2, 0.25) is 0 Å². The molecule has 3 rings (SSSR count). The molecule has 1 fully saturated rings. The fourth-order valence-corrected chi connectivity index (χ4v) is 2.65. The molecule has 18 heavy (non-hydrogen) atoms. The molecule has 0 amide bonds. The van der Waals surface area contributed by atoms with E-state index in [4.69, 9.17) is 0 Å². The summed E-state index contributed by atoms with van der Waals surface area (Å²) in [7, 11) is 0. The van der Waals surface area contributed by atoms with Crippen molar-refractivity contribution in [1.29, 1.82) is 0 Å². The zero-order valence-corrected chi connectivity index (χ0v) is 10.4. The lowest BCUT2D eigenvalue weighted by Crippen LogP contribution is -2.31. The molecule has 1 aliphatic heterocycles. The normalized spacial score (nSPS) is 19.9. The highest BCUT2D eigenvalue weighted by molar-refractivity contribution is 5.40. The Morgan fingerprint density at radius 1 is 1.33 bits per heavy atom. The number of benzene rings is 1. The van der Waals surface area contributed by atoms with Gasteiger partial charge in [-0.05, 0) is 49.9 Å². The van der Waals surface area contributed by atoms with Gasteiger partial charge in [-0.15, -0.1) is 5.10 Å². The van der Waals surface area contributed by atoms with Crippen molar-refractivity contribution < 1.29 is 0 Å². The van der Waals surface area contributed by atoms with Gasteiger partial charge in [0, 0.05) is 0 Å². The highest BCUT2D eigenvalue weighted by atomic mass is 15.4. The first kappa shape index (κ1) is 11.4. The van der Waals surface area contributed by atoms with E-state index < -0.39 is 0 Å². The van der Waals surface area contributed by atoms with Crippen molar-refractivity contribution in [1.82, 2.24) is 20.3 Å². The Bertz CT molecular complexity index is 486. The van der Waals surface area contributed by atoms with Crippen molar-refractivity contribution in [2.45, 2.75) is 19.3 Å². The molecule has 1 saturated heterocycles. The molecule has 4 nitrogen and oxygen atoms in total. The molecule has 1 unspecified atom stereocenters. The monoisotopic (exact) mass is 242 g/mol. The molecule has 2 heterocycles. The van der Waals surface area contributed by atoms with Gasteiger partial charge in [0.2, 0.25) is 0 Å². The fraction of sp³-hybridized carbons (Fsp3) is 0.429. The van der Waals surface area contributed by atoms with Crippen LogP contribution in [0.15, 0.2) is 36.7 Å². The zero-order valence-electron chi connectivity index (χ0n) is 10.4. The molecule has 1 aliphatic rings. The van der Waals surface area contributed by atoms with Crippen LogP contribution in [0.3, 0.4) is 0 Å². The summed E-state index contributed by atoms with van der Waals surface area (Å²) in [5.74, 6) is 0.739. The first-order valence-electron chi connectivity index (χ1n) is 6.59. The van der Waals surface area contributed by atoms with Gasteiger partial charge in [0.25, 0.3) is 0 Å². The lowest BCUT2D eigenvalue weighted by molar-refractivity contribution is 0.375. The number of rotatable bonds is 3. The van der Waals surface area contributed by atoms with Gasteiger partial charge < -0.3 is 5.32 Å². The third-order valence-electron chi connectivity index (χ3n) is 3.57. The minimum absolute atomic E-state index is 0.739. The van der Waals surface area contributed by atoms with E-state index in [2.05, 4.69) is 39.9 Å². The molecule has 4 heteroatoms. The second-order valence-electron chi connectivity index (χ2n) is 4.89. The summed E-state index contributed by atoms with van der Waals surface area (Å²) in [6.45, 7) is 2.30. The Balaban J connectivity index is 1.83. The van der Waals surface area contributed by atoms with E-state index in [0.717, 1.165) is 24.6 Å². The van der Waals surface area contributed by atoms with Crippen molar-refractivity contribution in [2.75, 3.05) is 13.1 Å². The maximum atomic E-state index is 4.09. The van der Waals surface area contributed by atoms with Gasteiger partial charge in [-0.1, -0.05) is 23.4 Å². The highest BCUT2D eigenvalue weighted by Crippen LogP contribution is 2.21. The molecule has 1 aromatic heterocycles. The maximum absolute atomic E-state index is 4.09. The third-order valence-corrected chi connectivity index (χ3v) is 3.57. The maximum Gasteiger partial charge on any atom is 0.0697 e. The predicted molar refractivity (Wildman–Crippen MR) is 70.7 cm³/mol. The summed E-state index contributed by atoms with van der Waals surface area (Å²) in [5.41, 5.74) is 2.51. The smallest absolute Gasteiger partial charge is 0.0697 e. The lowest BCUT2D eigenvalue weighted by Gasteiger charge is -2.23. The minimum atomic E-state index is 0.739. The molecular formula is C14H18N4. The highest BCUT2D eigenvalue weighted by Gasteiger charge is 2.15. The summed E-state index contributed by atoms with van der Waals surface area (Å²) in [4.78, 5) is 0. The van der Waals surface area contributed by atoms with Gasteiger partial charge in [0.05, 0.1) is 18.1 Å². The van der Waals surface area contributed by atoms with E-state index in [9.17, 15) is 0 Å². The van der Waals surface area contributed by atoms with Gasteiger partial charge in [0.15, 0.2) is 0 Å². The number of hydrogen-bond donors (Lipinski definition) is 1. The largest absolute Gasteiger partial charge is 0.316 e. The van der Waals surface area contributed by atoms with Gasteiger partial charge in [-0.2, -0.15) is 0 Å². The van der Waals surface area contributed by atoms with Crippen molar-refractivity contribution in [2.24, 2.45) is 5.92 Å². The predicted octanol–water partition coefficient (Wildman–Crippen LogP) is 1.81. The Hall–Kier alpha value is -1.68. The number of para-hydroxylation sites is 1. The molecule has 0 bridgehead atoms. The van der Waals surface area contributed by atoms with Crippen LogP contribution < -0.4 is 5.32 Å². The van der Waals surface area contributed by atoms with E-state index in [0.29, 0.717) is 0 Å². The van der Waals surface area contributed by atoms with Crippen molar-refractivity contribution in [3.05, 3.63) is 42.2 Å². The topological polar surface area (TPSA) is 42.7 Å². The Labute approximate surface area is 107 Å². The summed E-state index contributed by atoms with van der Waals surface area (Å²) >= 11 is 0. The number of nitrogens with one attached hydrogen (secondary N) is 1. The third kappa shape index (κ3) is 2.43. The van der Waals surface area contributed by atoms with E-state index in [1.165, 1.54) is 24.9 Å². The van der Waals surface area contributed by atoms with Crippen molar-refractivity contribution >= 4 is 0 Å². The fourth-order valence-electron chi connectivity index (χ4n) is 2.65. The molecule has 0 saturated carbocycles. The second-order valence-corrected chi connectivity index (χ2v) is 4.89. The van der Waals surface area contributed by atoms with Crippen LogP contribution in [0.1, 0.15) is 18.4 Å². The van der Waals surface area contributed by atoms with Gasteiger partial charge in [-0.3, -0.25) is 0 Å². The minimum Gasteiger partial charge on any atom is -0.316 e. The number of piperidine rings is 1. The van der Waals surface area contributed by atoms with Crippen LogP contribution >= 0.6 is 0 Å². The lowest BCUT2D eigenvalue weighted by atomic mass is 9.91. The number of nitrogens with zero attached hydrogens (tertiary/aromatic N) is 3. The second kappa shape index (κ2) is 5.31. The Morgan fingerprint density at radius 3 is 3.06 bits per heavy atom. The Kier molecular flexibility index (Phi) is 3.37. The van der Waals surface area contributed by atoms with Crippen LogP contribution in [0.4, 0.5) is 0 Å². The van der Waals surface area contributed by atoms with Gasteiger partial charge >= 0.3 is 0 Å². The number of aromatic nitrogens is 3. The molecule has 2 aromatic rings. The molecule has 0 radical (unpaired) electrons. The molecule has 94 valence electrons. The summed E-state index contributed by atoms with van der Waals surface area (Å²) in [5, 5.41) is 11.5. The van der Waals surface area contributed by atoms with Crippen LogP contribution in [-0.2, 0) is 6.42 Å². The first-order chi connectivity index (χ1) is 8.93. The van der Waals surface area contributed by atoms with E-state index in [1.54, 1.807) is 6.20 Å². The molecule has 1 N–H and O–H groups in total. The van der Waals surface area contributed by atoms with Crippen LogP contribution in [0.5, 0.6) is 0 Å². The van der Waals surface area contributed by atoms with Gasteiger partial charge in [-0.25, -0.2) is 4.68 Å². The van der Waals surface area contributed by atoms with Crippen molar-refractivity contribution in [3.63, 3.8) is 0 Å². The molecule has 1 atom stereocenters. The summed E-state index contributed by atoms with van der Waals surface area (Å²) in [6.07, 6.45) is 7.34. The molecule has 0 aliphatic carbocycles.